The summed E-state index contributed by atoms with van der Waals surface area (Å²) >= 11 is 0. The zero-order valence-corrected chi connectivity index (χ0v) is 6.40. The molecule has 0 amide bonds. The number of aromatic nitrogens is 1. The van der Waals surface area contributed by atoms with Crippen molar-refractivity contribution in [2.24, 2.45) is 0 Å². The maximum absolute atomic E-state index is 11.4. The minimum atomic E-state index is -1.25. The molecule has 0 radical (unpaired) electrons. The van der Waals surface area contributed by atoms with Crippen LogP contribution in [0.2, 0.25) is 0 Å². The molecule has 0 bridgehead atoms. The van der Waals surface area contributed by atoms with Gasteiger partial charge in [0, 0.05) is 6.20 Å². The molecule has 0 aliphatic heterocycles. The number of rotatable bonds is 1. The first-order valence-electron chi connectivity index (χ1n) is 3.52. The fourth-order valence-corrected chi connectivity index (χ4v) is 1.11. The number of aromatic carboxylic acids is 1. The SMILES string of the molecule is O=C(O)c1c[nH]c2occc2c1=O. The lowest BCUT2D eigenvalue weighted by Crippen LogP contribution is -2.14. The summed E-state index contributed by atoms with van der Waals surface area (Å²) in [6, 6.07) is 1.43. The van der Waals surface area contributed by atoms with E-state index in [-0.39, 0.29) is 16.7 Å². The van der Waals surface area contributed by atoms with E-state index < -0.39 is 11.4 Å². The number of hydrogen-bond donors (Lipinski definition) is 2. The number of nitrogens with one attached hydrogen (secondary N) is 1. The lowest BCUT2D eigenvalue weighted by atomic mass is 10.2. The minimum Gasteiger partial charge on any atom is -0.477 e. The molecule has 0 aliphatic rings. The fourth-order valence-electron chi connectivity index (χ4n) is 1.11. The third-order valence-corrected chi connectivity index (χ3v) is 1.73. The number of fused-ring (bicyclic) bond motifs is 1. The van der Waals surface area contributed by atoms with Crippen LogP contribution in [-0.2, 0) is 0 Å². The second kappa shape index (κ2) is 2.48. The summed E-state index contributed by atoms with van der Waals surface area (Å²) in [6.07, 6.45) is 2.45. The fraction of sp³-hybridized carbons (Fsp3) is 0. The first kappa shape index (κ1) is 7.60. The van der Waals surface area contributed by atoms with Crippen molar-refractivity contribution in [2.45, 2.75) is 0 Å². The number of H-pyrrole nitrogens is 1. The van der Waals surface area contributed by atoms with Crippen LogP contribution in [0.25, 0.3) is 11.1 Å². The summed E-state index contributed by atoms with van der Waals surface area (Å²) in [5, 5.41) is 8.86. The number of aromatic amines is 1. The molecule has 0 spiro atoms. The molecule has 2 aromatic rings. The number of carboxylic acids is 1. The first-order chi connectivity index (χ1) is 6.20. The van der Waals surface area contributed by atoms with E-state index in [4.69, 9.17) is 9.52 Å². The van der Waals surface area contributed by atoms with Gasteiger partial charge in [0.1, 0.15) is 5.56 Å². The van der Waals surface area contributed by atoms with Crippen molar-refractivity contribution in [1.29, 1.82) is 0 Å². The Labute approximate surface area is 71.6 Å². The third kappa shape index (κ3) is 1.01. The molecule has 5 heteroatoms. The lowest BCUT2D eigenvalue weighted by Gasteiger charge is -1.92. The van der Waals surface area contributed by atoms with Gasteiger partial charge in [-0.3, -0.25) is 4.79 Å². The smallest absolute Gasteiger partial charge is 0.341 e. The highest BCUT2D eigenvalue weighted by atomic mass is 16.4. The molecule has 66 valence electrons. The van der Waals surface area contributed by atoms with Crippen molar-refractivity contribution >= 4 is 17.1 Å². The second-order valence-corrected chi connectivity index (χ2v) is 2.50. The Morgan fingerprint density at radius 2 is 2.31 bits per heavy atom. The van der Waals surface area contributed by atoms with E-state index in [1.807, 2.05) is 0 Å². The van der Waals surface area contributed by atoms with Gasteiger partial charge < -0.3 is 14.5 Å². The van der Waals surface area contributed by atoms with E-state index in [0.29, 0.717) is 0 Å². The van der Waals surface area contributed by atoms with E-state index in [1.165, 1.54) is 12.3 Å². The largest absolute Gasteiger partial charge is 0.477 e. The summed E-state index contributed by atoms with van der Waals surface area (Å²) in [5.74, 6) is -1.25. The van der Waals surface area contributed by atoms with Crippen molar-refractivity contribution in [3.8, 4) is 0 Å². The number of carboxylic acid groups (broad SMARTS) is 1. The van der Waals surface area contributed by atoms with Gasteiger partial charge in [0.2, 0.25) is 11.1 Å². The van der Waals surface area contributed by atoms with Crippen LogP contribution < -0.4 is 5.43 Å². The maximum Gasteiger partial charge on any atom is 0.341 e. The van der Waals surface area contributed by atoms with Gasteiger partial charge in [-0.25, -0.2) is 4.79 Å². The summed E-state index contributed by atoms with van der Waals surface area (Å²) in [4.78, 5) is 24.5. The Morgan fingerprint density at radius 3 is 3.00 bits per heavy atom. The molecule has 2 heterocycles. The highest BCUT2D eigenvalue weighted by Crippen LogP contribution is 2.07. The molecule has 0 saturated heterocycles. The average Bonchev–Trinajstić information content (AvgIpc) is 2.52. The molecule has 0 fully saturated rings. The average molecular weight is 179 g/mol. The molecule has 0 saturated carbocycles. The molecular weight excluding hydrogens is 174 g/mol. The molecule has 13 heavy (non-hydrogen) atoms. The predicted molar refractivity (Wildman–Crippen MR) is 43.8 cm³/mol. The predicted octanol–water partition coefficient (Wildman–Crippen LogP) is 0.819. The molecule has 0 unspecified atom stereocenters. The maximum atomic E-state index is 11.4. The Balaban J connectivity index is 2.89. The molecular formula is C8H5NO4. The molecule has 2 aromatic heterocycles. The standard InChI is InChI=1S/C8H5NO4/c10-6-4-1-2-13-7(4)9-3-5(6)8(11)12/h1-3H,(H,9,10)(H,11,12). The monoisotopic (exact) mass is 179 g/mol. The van der Waals surface area contributed by atoms with Gasteiger partial charge in [0.25, 0.3) is 0 Å². The zero-order valence-electron chi connectivity index (χ0n) is 6.40. The van der Waals surface area contributed by atoms with Crippen molar-refractivity contribution < 1.29 is 14.3 Å². The molecule has 0 aliphatic carbocycles. The van der Waals surface area contributed by atoms with E-state index in [1.54, 1.807) is 0 Å². The van der Waals surface area contributed by atoms with Gasteiger partial charge in [0.05, 0.1) is 11.6 Å². The Bertz CT molecular complexity index is 522. The van der Waals surface area contributed by atoms with Gasteiger partial charge in [-0.2, -0.15) is 0 Å². The highest BCUT2D eigenvalue weighted by Gasteiger charge is 2.11. The van der Waals surface area contributed by atoms with Crippen molar-refractivity contribution in [3.05, 3.63) is 34.3 Å². The van der Waals surface area contributed by atoms with Gasteiger partial charge in [-0.05, 0) is 6.07 Å². The normalized spacial score (nSPS) is 10.5. The van der Waals surface area contributed by atoms with Gasteiger partial charge in [-0.15, -0.1) is 0 Å². The molecule has 0 atom stereocenters. The second-order valence-electron chi connectivity index (χ2n) is 2.50. The summed E-state index contributed by atoms with van der Waals surface area (Å²) in [5.41, 5.74) is -0.529. The van der Waals surface area contributed by atoms with E-state index in [2.05, 4.69) is 4.98 Å². The molecule has 0 aromatic carbocycles. The zero-order chi connectivity index (χ0) is 9.42. The van der Waals surface area contributed by atoms with Crippen LogP contribution in [-0.4, -0.2) is 16.1 Å². The van der Waals surface area contributed by atoms with Crippen LogP contribution in [0, 0.1) is 0 Å². The van der Waals surface area contributed by atoms with Crippen molar-refractivity contribution in [1.82, 2.24) is 4.98 Å². The Hall–Kier alpha value is -2.04. The topological polar surface area (TPSA) is 83.3 Å². The molecule has 2 N–H and O–H groups in total. The van der Waals surface area contributed by atoms with Crippen molar-refractivity contribution in [3.63, 3.8) is 0 Å². The molecule has 2 rings (SSSR count). The van der Waals surface area contributed by atoms with Gasteiger partial charge in [0.15, 0.2) is 0 Å². The van der Waals surface area contributed by atoms with Crippen LogP contribution in [0.15, 0.2) is 27.7 Å². The quantitative estimate of drug-likeness (QED) is 0.678. The summed E-state index contributed by atoms with van der Waals surface area (Å²) in [7, 11) is 0. The third-order valence-electron chi connectivity index (χ3n) is 1.73. The Kier molecular flexibility index (Phi) is 1.45. The van der Waals surface area contributed by atoms with Gasteiger partial charge >= 0.3 is 5.97 Å². The number of furan rings is 1. The highest BCUT2D eigenvalue weighted by molar-refractivity contribution is 5.91. The number of carbonyl (C=O) groups is 1. The number of pyridine rings is 1. The lowest BCUT2D eigenvalue weighted by molar-refractivity contribution is 0.0695. The van der Waals surface area contributed by atoms with Crippen LogP contribution in [0.3, 0.4) is 0 Å². The Morgan fingerprint density at radius 1 is 1.54 bits per heavy atom. The van der Waals surface area contributed by atoms with E-state index >= 15 is 0 Å². The first-order valence-corrected chi connectivity index (χ1v) is 3.52. The van der Waals surface area contributed by atoms with Crippen LogP contribution in [0.5, 0.6) is 0 Å². The number of hydrogen-bond acceptors (Lipinski definition) is 3. The minimum absolute atomic E-state index is 0.250. The van der Waals surface area contributed by atoms with Crippen LogP contribution in [0.1, 0.15) is 10.4 Å². The summed E-state index contributed by atoms with van der Waals surface area (Å²) < 4.78 is 4.88. The summed E-state index contributed by atoms with van der Waals surface area (Å²) in [6.45, 7) is 0. The molecule has 5 nitrogen and oxygen atoms in total. The van der Waals surface area contributed by atoms with Crippen LogP contribution in [0.4, 0.5) is 0 Å². The van der Waals surface area contributed by atoms with E-state index in [0.717, 1.165) is 6.20 Å². The van der Waals surface area contributed by atoms with Gasteiger partial charge in [-0.1, -0.05) is 0 Å². The van der Waals surface area contributed by atoms with E-state index in [9.17, 15) is 9.59 Å². The van der Waals surface area contributed by atoms with Crippen LogP contribution >= 0.6 is 0 Å². The van der Waals surface area contributed by atoms with Crippen molar-refractivity contribution in [2.75, 3.05) is 0 Å².